The summed E-state index contributed by atoms with van der Waals surface area (Å²) in [5.41, 5.74) is 3.41. The van der Waals surface area contributed by atoms with Crippen LogP contribution >= 0.6 is 0 Å². The fourth-order valence-electron chi connectivity index (χ4n) is 2.28. The van der Waals surface area contributed by atoms with Crippen molar-refractivity contribution in [1.29, 1.82) is 0 Å². The summed E-state index contributed by atoms with van der Waals surface area (Å²) >= 11 is 0. The fourth-order valence-corrected chi connectivity index (χ4v) is 2.28. The third-order valence-corrected chi connectivity index (χ3v) is 3.21. The molecule has 1 aliphatic heterocycles. The molecular weight excluding hydrogens is 224 g/mol. The Balaban J connectivity index is 2.12. The number of aromatic nitrogens is 2. The van der Waals surface area contributed by atoms with E-state index in [4.69, 9.17) is 0 Å². The van der Waals surface area contributed by atoms with E-state index in [2.05, 4.69) is 20.6 Å². The molecule has 0 radical (unpaired) electrons. The van der Waals surface area contributed by atoms with Gasteiger partial charge in [-0.15, -0.1) is 0 Å². The zero-order valence-electron chi connectivity index (χ0n) is 10.4. The van der Waals surface area contributed by atoms with Crippen LogP contribution in [0.5, 0.6) is 0 Å². The van der Waals surface area contributed by atoms with Crippen molar-refractivity contribution < 1.29 is 0 Å². The van der Waals surface area contributed by atoms with Crippen LogP contribution in [0, 0.1) is 0 Å². The highest BCUT2D eigenvalue weighted by atomic mass is 15.0. The molecule has 0 bridgehead atoms. The average molecular weight is 240 g/mol. The van der Waals surface area contributed by atoms with Gasteiger partial charge in [0.1, 0.15) is 5.82 Å². The Kier molecular flexibility index (Phi) is 2.94. The molecule has 0 aliphatic carbocycles. The van der Waals surface area contributed by atoms with Gasteiger partial charge in [0, 0.05) is 24.7 Å². The van der Waals surface area contributed by atoms with E-state index in [1.54, 1.807) is 0 Å². The molecule has 92 valence electrons. The lowest BCUT2D eigenvalue weighted by atomic mass is 10.1. The SMILES string of the molecule is CNc1nc(-c2ccccc2)nc2c1CCNC2. The van der Waals surface area contributed by atoms with Gasteiger partial charge in [0.05, 0.1) is 5.69 Å². The molecule has 18 heavy (non-hydrogen) atoms. The van der Waals surface area contributed by atoms with Crippen molar-refractivity contribution in [3.8, 4) is 11.4 Å². The lowest BCUT2D eigenvalue weighted by Gasteiger charge is -2.19. The van der Waals surface area contributed by atoms with E-state index in [-0.39, 0.29) is 0 Å². The standard InChI is InChI=1S/C14H16N4/c1-15-14-11-7-8-16-9-12(11)17-13(18-14)10-5-3-2-4-6-10/h2-6,16H,7-9H2,1H3,(H,15,17,18). The van der Waals surface area contributed by atoms with Gasteiger partial charge in [-0.2, -0.15) is 0 Å². The summed E-state index contributed by atoms with van der Waals surface area (Å²) in [6.45, 7) is 1.82. The number of rotatable bonds is 2. The van der Waals surface area contributed by atoms with Gasteiger partial charge in [-0.3, -0.25) is 0 Å². The topological polar surface area (TPSA) is 49.8 Å². The average Bonchev–Trinajstić information content (AvgIpc) is 2.47. The molecule has 0 amide bonds. The molecule has 0 atom stereocenters. The fraction of sp³-hybridized carbons (Fsp3) is 0.286. The Bertz CT molecular complexity index is 534. The van der Waals surface area contributed by atoms with Gasteiger partial charge in [0.25, 0.3) is 0 Å². The summed E-state index contributed by atoms with van der Waals surface area (Å²) < 4.78 is 0. The molecule has 2 N–H and O–H groups in total. The van der Waals surface area contributed by atoms with Crippen molar-refractivity contribution >= 4 is 5.82 Å². The van der Waals surface area contributed by atoms with Crippen molar-refractivity contribution in [2.45, 2.75) is 13.0 Å². The smallest absolute Gasteiger partial charge is 0.161 e. The maximum atomic E-state index is 4.68. The lowest BCUT2D eigenvalue weighted by Crippen LogP contribution is -2.26. The summed E-state index contributed by atoms with van der Waals surface area (Å²) in [4.78, 5) is 9.30. The molecule has 0 fully saturated rings. The zero-order valence-corrected chi connectivity index (χ0v) is 10.4. The number of nitrogens with one attached hydrogen (secondary N) is 2. The van der Waals surface area contributed by atoms with E-state index in [1.807, 2.05) is 37.4 Å². The minimum absolute atomic E-state index is 0.794. The molecule has 1 aromatic heterocycles. The normalized spacial score (nSPS) is 14.1. The van der Waals surface area contributed by atoms with Gasteiger partial charge in [0.15, 0.2) is 5.82 Å². The van der Waals surface area contributed by atoms with Gasteiger partial charge in [-0.05, 0) is 13.0 Å². The maximum absolute atomic E-state index is 4.68. The predicted molar refractivity (Wildman–Crippen MR) is 72.4 cm³/mol. The van der Waals surface area contributed by atoms with Crippen LogP contribution < -0.4 is 10.6 Å². The first kappa shape index (κ1) is 11.2. The highest BCUT2D eigenvalue weighted by Gasteiger charge is 2.17. The third kappa shape index (κ3) is 1.95. The maximum Gasteiger partial charge on any atom is 0.161 e. The molecule has 0 spiro atoms. The number of fused-ring (bicyclic) bond motifs is 1. The number of benzene rings is 1. The quantitative estimate of drug-likeness (QED) is 0.841. The minimum atomic E-state index is 0.794. The van der Waals surface area contributed by atoms with Crippen molar-refractivity contribution in [3.63, 3.8) is 0 Å². The van der Waals surface area contributed by atoms with E-state index in [0.29, 0.717) is 0 Å². The molecule has 2 aromatic rings. The second kappa shape index (κ2) is 4.74. The predicted octanol–water partition coefficient (Wildman–Crippen LogP) is 1.83. The second-order valence-corrected chi connectivity index (χ2v) is 4.36. The van der Waals surface area contributed by atoms with Crippen LogP contribution in [0.1, 0.15) is 11.3 Å². The Morgan fingerprint density at radius 2 is 2.00 bits per heavy atom. The molecule has 2 heterocycles. The Morgan fingerprint density at radius 1 is 1.17 bits per heavy atom. The van der Waals surface area contributed by atoms with Crippen LogP contribution in [-0.4, -0.2) is 23.6 Å². The molecule has 1 aliphatic rings. The first-order chi connectivity index (χ1) is 8.88. The van der Waals surface area contributed by atoms with Gasteiger partial charge in [-0.25, -0.2) is 9.97 Å². The van der Waals surface area contributed by atoms with Crippen LogP contribution in [0.2, 0.25) is 0 Å². The Hall–Kier alpha value is -1.94. The van der Waals surface area contributed by atoms with Crippen LogP contribution in [0.3, 0.4) is 0 Å². The molecule has 1 aromatic carbocycles. The van der Waals surface area contributed by atoms with E-state index >= 15 is 0 Å². The van der Waals surface area contributed by atoms with Crippen molar-refractivity contribution in [2.75, 3.05) is 18.9 Å². The highest BCUT2D eigenvalue weighted by Crippen LogP contribution is 2.24. The van der Waals surface area contributed by atoms with E-state index in [9.17, 15) is 0 Å². The molecule has 0 saturated carbocycles. The Morgan fingerprint density at radius 3 is 2.78 bits per heavy atom. The number of nitrogens with zero attached hydrogens (tertiary/aromatic N) is 2. The van der Waals surface area contributed by atoms with Crippen LogP contribution in [0.4, 0.5) is 5.82 Å². The van der Waals surface area contributed by atoms with E-state index in [0.717, 1.165) is 42.4 Å². The Labute approximate surface area is 106 Å². The minimum Gasteiger partial charge on any atom is -0.373 e. The number of hydrogen-bond acceptors (Lipinski definition) is 4. The summed E-state index contributed by atoms with van der Waals surface area (Å²) in [5, 5.41) is 6.54. The summed E-state index contributed by atoms with van der Waals surface area (Å²) in [6, 6.07) is 10.1. The molecular formula is C14H16N4. The first-order valence-corrected chi connectivity index (χ1v) is 6.22. The van der Waals surface area contributed by atoms with Gasteiger partial charge in [0.2, 0.25) is 0 Å². The monoisotopic (exact) mass is 240 g/mol. The van der Waals surface area contributed by atoms with Crippen LogP contribution in [0.25, 0.3) is 11.4 Å². The van der Waals surface area contributed by atoms with Gasteiger partial charge < -0.3 is 10.6 Å². The summed E-state index contributed by atoms with van der Waals surface area (Å²) in [5.74, 6) is 1.75. The molecule has 4 heteroatoms. The second-order valence-electron chi connectivity index (χ2n) is 4.36. The van der Waals surface area contributed by atoms with Gasteiger partial charge >= 0.3 is 0 Å². The molecule has 3 rings (SSSR count). The lowest BCUT2D eigenvalue weighted by molar-refractivity contribution is 0.625. The zero-order chi connectivity index (χ0) is 12.4. The van der Waals surface area contributed by atoms with Gasteiger partial charge in [-0.1, -0.05) is 30.3 Å². The van der Waals surface area contributed by atoms with Crippen molar-refractivity contribution in [3.05, 3.63) is 41.6 Å². The number of hydrogen-bond donors (Lipinski definition) is 2. The molecule has 4 nitrogen and oxygen atoms in total. The van der Waals surface area contributed by atoms with E-state index in [1.165, 1.54) is 5.56 Å². The third-order valence-electron chi connectivity index (χ3n) is 3.21. The largest absolute Gasteiger partial charge is 0.373 e. The van der Waals surface area contributed by atoms with Crippen molar-refractivity contribution in [1.82, 2.24) is 15.3 Å². The van der Waals surface area contributed by atoms with Crippen LogP contribution in [0.15, 0.2) is 30.3 Å². The van der Waals surface area contributed by atoms with Crippen molar-refractivity contribution in [2.24, 2.45) is 0 Å². The molecule has 0 unspecified atom stereocenters. The van der Waals surface area contributed by atoms with E-state index < -0.39 is 0 Å². The van der Waals surface area contributed by atoms with Crippen LogP contribution in [-0.2, 0) is 13.0 Å². The summed E-state index contributed by atoms with van der Waals surface area (Å²) in [6.07, 6.45) is 0.987. The molecule has 0 saturated heterocycles. The summed E-state index contributed by atoms with van der Waals surface area (Å²) in [7, 11) is 1.92. The number of anilines is 1. The highest BCUT2D eigenvalue weighted by molar-refractivity contribution is 5.60. The first-order valence-electron chi connectivity index (χ1n) is 6.22.